The molecule has 0 aromatic heterocycles. The van der Waals surface area contributed by atoms with E-state index in [1.54, 1.807) is 31.4 Å². The molecule has 0 fully saturated rings. The summed E-state index contributed by atoms with van der Waals surface area (Å²) in [6.07, 6.45) is 0.307. The third kappa shape index (κ3) is 3.77. The van der Waals surface area contributed by atoms with Crippen molar-refractivity contribution >= 4 is 33.5 Å². The largest absolute Gasteiger partial charge is 0.496 e. The molecule has 2 rings (SSSR count). The average Bonchev–Trinajstić information content (AvgIpc) is 2.45. The fourth-order valence-electron chi connectivity index (χ4n) is 2.21. The van der Waals surface area contributed by atoms with Crippen molar-refractivity contribution in [2.45, 2.75) is 12.3 Å². The monoisotopic (exact) mass is 368 g/mol. The van der Waals surface area contributed by atoms with Crippen molar-refractivity contribution in [1.82, 2.24) is 0 Å². The van der Waals surface area contributed by atoms with E-state index in [0.717, 1.165) is 15.6 Å². The van der Waals surface area contributed by atoms with Gasteiger partial charge in [0.25, 0.3) is 0 Å². The zero-order chi connectivity index (χ0) is 15.4. The number of hydrogen-bond donors (Lipinski definition) is 1. The Morgan fingerprint density at radius 3 is 2.67 bits per heavy atom. The van der Waals surface area contributed by atoms with Gasteiger partial charge in [0, 0.05) is 9.50 Å². The average molecular weight is 370 g/mol. The molecule has 0 heterocycles. The molecule has 2 aromatic rings. The fraction of sp³-hybridized carbons (Fsp3) is 0.188. The third-order valence-corrected chi connectivity index (χ3v) is 4.20. The molecule has 0 amide bonds. The molecule has 3 nitrogen and oxygen atoms in total. The van der Waals surface area contributed by atoms with Crippen LogP contribution >= 0.6 is 27.5 Å². The minimum absolute atomic E-state index is 0.307. The van der Waals surface area contributed by atoms with Crippen molar-refractivity contribution in [3.63, 3.8) is 0 Å². The zero-order valence-electron chi connectivity index (χ0n) is 11.3. The second-order valence-electron chi connectivity index (χ2n) is 4.57. The first-order valence-corrected chi connectivity index (χ1v) is 7.49. The van der Waals surface area contributed by atoms with Crippen LogP contribution < -0.4 is 4.74 Å². The first-order valence-electron chi connectivity index (χ1n) is 6.32. The molecule has 0 saturated heterocycles. The predicted octanol–water partition coefficient (Wildman–Crippen LogP) is 4.52. The fourth-order valence-corrected chi connectivity index (χ4v) is 2.97. The van der Waals surface area contributed by atoms with Gasteiger partial charge in [0.1, 0.15) is 5.75 Å². The van der Waals surface area contributed by atoms with Gasteiger partial charge < -0.3 is 9.84 Å². The minimum Gasteiger partial charge on any atom is -0.496 e. The highest BCUT2D eigenvalue weighted by atomic mass is 79.9. The van der Waals surface area contributed by atoms with Crippen molar-refractivity contribution in [3.05, 3.63) is 63.1 Å². The molecule has 1 N–H and O–H groups in total. The Kier molecular flexibility index (Phi) is 5.26. The Labute approximate surface area is 136 Å². The van der Waals surface area contributed by atoms with Crippen LogP contribution in [0.3, 0.4) is 0 Å². The lowest BCUT2D eigenvalue weighted by molar-refractivity contribution is -0.138. The molecule has 21 heavy (non-hydrogen) atoms. The minimum atomic E-state index is -0.885. The molecule has 0 bridgehead atoms. The molecule has 110 valence electrons. The van der Waals surface area contributed by atoms with E-state index in [1.807, 2.05) is 18.2 Å². The van der Waals surface area contributed by atoms with Gasteiger partial charge in [-0.15, -0.1) is 0 Å². The SMILES string of the molecule is COc1ccc(Cl)cc1CC(C(=O)O)c1ccccc1Br. The molecule has 0 radical (unpaired) electrons. The second-order valence-corrected chi connectivity index (χ2v) is 5.86. The van der Waals surface area contributed by atoms with Gasteiger partial charge >= 0.3 is 5.97 Å². The normalized spacial score (nSPS) is 12.0. The molecule has 0 aliphatic rings. The highest BCUT2D eigenvalue weighted by molar-refractivity contribution is 9.10. The molecule has 5 heteroatoms. The molecule has 0 aliphatic carbocycles. The highest BCUT2D eigenvalue weighted by Gasteiger charge is 2.24. The summed E-state index contributed by atoms with van der Waals surface area (Å²) >= 11 is 9.41. The van der Waals surface area contributed by atoms with Crippen LogP contribution in [0.5, 0.6) is 5.75 Å². The van der Waals surface area contributed by atoms with Gasteiger partial charge in [-0.05, 0) is 41.8 Å². The number of halogens is 2. The molecule has 1 unspecified atom stereocenters. The van der Waals surface area contributed by atoms with Gasteiger partial charge in [-0.1, -0.05) is 45.7 Å². The summed E-state index contributed by atoms with van der Waals surface area (Å²) in [5, 5.41) is 10.1. The third-order valence-electron chi connectivity index (χ3n) is 3.25. The van der Waals surface area contributed by atoms with Gasteiger partial charge in [0.05, 0.1) is 13.0 Å². The molecular formula is C16H14BrClO3. The molecule has 0 aliphatic heterocycles. The lowest BCUT2D eigenvalue weighted by Crippen LogP contribution is -2.15. The lowest BCUT2D eigenvalue weighted by Gasteiger charge is -2.16. The van der Waals surface area contributed by atoms with Crippen LogP contribution in [0.15, 0.2) is 46.9 Å². The number of methoxy groups -OCH3 is 1. The van der Waals surface area contributed by atoms with E-state index in [-0.39, 0.29) is 0 Å². The Bertz CT molecular complexity index is 658. The number of rotatable bonds is 5. The van der Waals surface area contributed by atoms with Gasteiger partial charge in [0.2, 0.25) is 0 Å². The first-order chi connectivity index (χ1) is 10.0. The van der Waals surface area contributed by atoms with Gasteiger partial charge in [-0.2, -0.15) is 0 Å². The van der Waals surface area contributed by atoms with E-state index in [2.05, 4.69) is 15.9 Å². The van der Waals surface area contributed by atoms with Crippen LogP contribution in [0.1, 0.15) is 17.0 Å². The van der Waals surface area contributed by atoms with Crippen molar-refractivity contribution in [2.24, 2.45) is 0 Å². The number of hydrogen-bond acceptors (Lipinski definition) is 2. The Hall–Kier alpha value is -1.52. The second kappa shape index (κ2) is 6.96. The first kappa shape index (κ1) is 15.9. The number of carboxylic acid groups (broad SMARTS) is 1. The van der Waals surface area contributed by atoms with E-state index in [0.29, 0.717) is 17.2 Å². The number of aliphatic carboxylic acids is 1. The van der Waals surface area contributed by atoms with Crippen molar-refractivity contribution in [3.8, 4) is 5.75 Å². The van der Waals surface area contributed by atoms with Crippen LogP contribution in [0.4, 0.5) is 0 Å². The topological polar surface area (TPSA) is 46.5 Å². The molecule has 1 atom stereocenters. The van der Waals surface area contributed by atoms with Crippen LogP contribution in [0.2, 0.25) is 5.02 Å². The van der Waals surface area contributed by atoms with E-state index in [1.165, 1.54) is 0 Å². The molecule has 0 saturated carbocycles. The Morgan fingerprint density at radius 2 is 2.05 bits per heavy atom. The van der Waals surface area contributed by atoms with Crippen molar-refractivity contribution in [2.75, 3.05) is 7.11 Å². The number of carboxylic acids is 1. The smallest absolute Gasteiger partial charge is 0.311 e. The van der Waals surface area contributed by atoms with Crippen LogP contribution in [-0.4, -0.2) is 18.2 Å². The Balaban J connectivity index is 2.40. The summed E-state index contributed by atoms with van der Waals surface area (Å²) in [7, 11) is 1.56. The molecule has 0 spiro atoms. The van der Waals surface area contributed by atoms with Crippen LogP contribution in [0.25, 0.3) is 0 Å². The summed E-state index contributed by atoms with van der Waals surface area (Å²) in [4.78, 5) is 11.6. The van der Waals surface area contributed by atoms with Gasteiger partial charge in [0.15, 0.2) is 0 Å². The maximum absolute atomic E-state index is 11.6. The van der Waals surface area contributed by atoms with Gasteiger partial charge in [-0.3, -0.25) is 4.79 Å². The Morgan fingerprint density at radius 1 is 1.33 bits per heavy atom. The summed E-state index contributed by atoms with van der Waals surface area (Å²) in [6, 6.07) is 12.5. The quantitative estimate of drug-likeness (QED) is 0.843. The van der Waals surface area contributed by atoms with E-state index in [4.69, 9.17) is 16.3 Å². The predicted molar refractivity (Wildman–Crippen MR) is 86.2 cm³/mol. The van der Waals surface area contributed by atoms with E-state index < -0.39 is 11.9 Å². The van der Waals surface area contributed by atoms with Crippen molar-refractivity contribution < 1.29 is 14.6 Å². The van der Waals surface area contributed by atoms with Crippen LogP contribution in [-0.2, 0) is 11.2 Å². The van der Waals surface area contributed by atoms with Crippen LogP contribution in [0, 0.1) is 0 Å². The van der Waals surface area contributed by atoms with E-state index in [9.17, 15) is 9.90 Å². The molecular weight excluding hydrogens is 356 g/mol. The number of carbonyl (C=O) groups is 1. The van der Waals surface area contributed by atoms with Crippen molar-refractivity contribution in [1.29, 1.82) is 0 Å². The summed E-state index contributed by atoms with van der Waals surface area (Å²) in [5.74, 6) is -0.922. The summed E-state index contributed by atoms with van der Waals surface area (Å²) < 4.78 is 6.06. The standard InChI is InChI=1S/C16H14BrClO3/c1-21-15-7-6-11(18)8-10(15)9-13(16(19)20)12-4-2-3-5-14(12)17/h2-8,13H,9H2,1H3,(H,19,20). The maximum atomic E-state index is 11.6. The highest BCUT2D eigenvalue weighted by Crippen LogP contribution is 2.32. The molecule has 2 aromatic carbocycles. The maximum Gasteiger partial charge on any atom is 0.311 e. The lowest BCUT2D eigenvalue weighted by atomic mass is 9.91. The number of benzene rings is 2. The number of ether oxygens (including phenoxy) is 1. The summed E-state index contributed by atoms with van der Waals surface area (Å²) in [5.41, 5.74) is 1.50. The van der Waals surface area contributed by atoms with E-state index >= 15 is 0 Å². The zero-order valence-corrected chi connectivity index (χ0v) is 13.7. The van der Waals surface area contributed by atoms with Gasteiger partial charge in [-0.25, -0.2) is 0 Å². The summed E-state index contributed by atoms with van der Waals surface area (Å²) in [6.45, 7) is 0.